The Kier molecular flexibility index (Phi) is 6.56. The zero-order chi connectivity index (χ0) is 19.9. The Balaban J connectivity index is 1.50. The van der Waals surface area contributed by atoms with E-state index in [1.165, 1.54) is 35.2 Å². The number of nitro groups is 1. The molecule has 2 N–H and O–H groups in total. The number of rotatable bonds is 8. The predicted molar refractivity (Wildman–Crippen MR) is 111 cm³/mol. The summed E-state index contributed by atoms with van der Waals surface area (Å²) in [5.74, 6) is -0.127. The minimum atomic E-state index is -0.491. The summed E-state index contributed by atoms with van der Waals surface area (Å²) in [5.41, 5.74) is 2.26. The summed E-state index contributed by atoms with van der Waals surface area (Å²) < 4.78 is 0.668. The summed E-state index contributed by atoms with van der Waals surface area (Å²) in [6.45, 7) is 2.43. The van der Waals surface area contributed by atoms with E-state index in [4.69, 9.17) is 0 Å². The van der Waals surface area contributed by atoms with Crippen LogP contribution in [0.5, 0.6) is 0 Å². The van der Waals surface area contributed by atoms with Gasteiger partial charge < -0.3 is 10.6 Å². The lowest BCUT2D eigenvalue weighted by molar-refractivity contribution is -0.384. The number of nitro benzene ring substituents is 1. The number of nitrogens with zero attached hydrogens (tertiary/aromatic N) is 3. The second-order valence-corrected chi connectivity index (χ2v) is 8.01. The van der Waals surface area contributed by atoms with Gasteiger partial charge in [-0.2, -0.15) is 0 Å². The standard InChI is InChI=1S/C18H17N5O3S2/c1-12-7-8-14(23(25)26)9-15(12)20-16(24)11-27-18-22-21-17(28-18)19-10-13-5-3-2-4-6-13/h2-9H,10-11H2,1H3,(H,19,21)(H,20,24). The van der Waals surface area contributed by atoms with Crippen LogP contribution in [0.3, 0.4) is 0 Å². The van der Waals surface area contributed by atoms with Crippen LogP contribution in [0.4, 0.5) is 16.5 Å². The van der Waals surface area contributed by atoms with Gasteiger partial charge in [-0.3, -0.25) is 14.9 Å². The molecule has 0 bridgehead atoms. The Hall–Kier alpha value is -2.98. The lowest BCUT2D eigenvalue weighted by Gasteiger charge is -2.07. The van der Waals surface area contributed by atoms with Crippen LogP contribution in [0.15, 0.2) is 52.9 Å². The van der Waals surface area contributed by atoms with Crippen LogP contribution in [0.2, 0.25) is 0 Å². The minimum absolute atomic E-state index is 0.0631. The number of non-ortho nitro benzene ring substituents is 1. The van der Waals surface area contributed by atoms with Gasteiger partial charge in [0.2, 0.25) is 11.0 Å². The molecule has 1 aromatic heterocycles. The van der Waals surface area contributed by atoms with Crippen molar-refractivity contribution < 1.29 is 9.72 Å². The van der Waals surface area contributed by atoms with Crippen molar-refractivity contribution in [3.05, 3.63) is 69.8 Å². The number of hydrogen-bond acceptors (Lipinski definition) is 8. The molecule has 0 radical (unpaired) electrons. The second-order valence-electron chi connectivity index (χ2n) is 5.81. The van der Waals surface area contributed by atoms with Crippen LogP contribution in [-0.2, 0) is 11.3 Å². The monoisotopic (exact) mass is 415 g/mol. The van der Waals surface area contributed by atoms with Crippen molar-refractivity contribution in [1.29, 1.82) is 0 Å². The maximum absolute atomic E-state index is 12.2. The highest BCUT2D eigenvalue weighted by molar-refractivity contribution is 8.01. The van der Waals surface area contributed by atoms with Gasteiger partial charge >= 0.3 is 0 Å². The summed E-state index contributed by atoms with van der Waals surface area (Å²) in [4.78, 5) is 22.6. The highest BCUT2D eigenvalue weighted by Crippen LogP contribution is 2.27. The number of aromatic nitrogens is 2. The van der Waals surface area contributed by atoms with Gasteiger partial charge in [-0.25, -0.2) is 0 Å². The maximum Gasteiger partial charge on any atom is 0.271 e. The third kappa shape index (κ3) is 5.51. The van der Waals surface area contributed by atoms with Crippen molar-refractivity contribution in [3.8, 4) is 0 Å². The molecule has 0 aliphatic carbocycles. The quantitative estimate of drug-likeness (QED) is 0.324. The minimum Gasteiger partial charge on any atom is -0.356 e. The average Bonchev–Trinajstić information content (AvgIpc) is 3.15. The molecule has 1 amide bonds. The van der Waals surface area contributed by atoms with E-state index in [1.54, 1.807) is 13.0 Å². The highest BCUT2D eigenvalue weighted by Gasteiger charge is 2.12. The molecule has 2 aromatic carbocycles. The van der Waals surface area contributed by atoms with E-state index in [1.807, 2.05) is 30.3 Å². The molecule has 144 valence electrons. The third-order valence-corrected chi connectivity index (χ3v) is 5.74. The Labute approximate surface area is 169 Å². The van der Waals surface area contributed by atoms with Crippen molar-refractivity contribution >= 4 is 45.5 Å². The Morgan fingerprint density at radius 2 is 2.00 bits per heavy atom. The number of carbonyl (C=O) groups is 1. The topological polar surface area (TPSA) is 110 Å². The Bertz CT molecular complexity index is 978. The summed E-state index contributed by atoms with van der Waals surface area (Å²) >= 11 is 2.64. The van der Waals surface area contributed by atoms with Crippen LogP contribution in [0.1, 0.15) is 11.1 Å². The molecule has 8 nitrogen and oxygen atoms in total. The van der Waals surface area contributed by atoms with Gasteiger partial charge in [0.05, 0.1) is 16.4 Å². The number of carbonyl (C=O) groups excluding carboxylic acids is 1. The van der Waals surface area contributed by atoms with Crippen molar-refractivity contribution in [2.45, 2.75) is 17.8 Å². The van der Waals surface area contributed by atoms with E-state index in [0.717, 1.165) is 11.1 Å². The summed E-state index contributed by atoms with van der Waals surface area (Å²) in [5, 5.41) is 25.6. The van der Waals surface area contributed by atoms with Gasteiger partial charge in [-0.15, -0.1) is 10.2 Å². The maximum atomic E-state index is 12.2. The number of nitrogens with one attached hydrogen (secondary N) is 2. The molecule has 3 aromatic rings. The molecule has 0 fully saturated rings. The number of thioether (sulfide) groups is 1. The van der Waals surface area contributed by atoms with Gasteiger partial charge in [-0.05, 0) is 18.1 Å². The fourth-order valence-electron chi connectivity index (χ4n) is 2.28. The third-order valence-electron chi connectivity index (χ3n) is 3.73. The number of benzene rings is 2. The van der Waals surface area contributed by atoms with Crippen LogP contribution >= 0.6 is 23.1 Å². The molecule has 0 saturated heterocycles. The lowest BCUT2D eigenvalue weighted by atomic mass is 10.2. The van der Waals surface area contributed by atoms with E-state index in [2.05, 4.69) is 20.8 Å². The molecule has 1 heterocycles. The van der Waals surface area contributed by atoms with Crippen molar-refractivity contribution in [1.82, 2.24) is 10.2 Å². The van der Waals surface area contributed by atoms with Gasteiger partial charge in [0.25, 0.3) is 5.69 Å². The first-order valence-electron chi connectivity index (χ1n) is 8.30. The van der Waals surface area contributed by atoms with Crippen molar-refractivity contribution in [2.75, 3.05) is 16.4 Å². The molecular weight excluding hydrogens is 398 g/mol. The Morgan fingerprint density at radius 1 is 1.21 bits per heavy atom. The zero-order valence-corrected chi connectivity index (χ0v) is 16.5. The molecule has 3 rings (SSSR count). The molecular formula is C18H17N5O3S2. The summed E-state index contributed by atoms with van der Waals surface area (Å²) in [6, 6.07) is 14.3. The number of anilines is 2. The number of amides is 1. The molecule has 0 spiro atoms. The molecule has 0 unspecified atom stereocenters. The van der Waals surface area contributed by atoms with Crippen LogP contribution in [0.25, 0.3) is 0 Å². The fourth-order valence-corrected chi connectivity index (χ4v) is 3.83. The van der Waals surface area contributed by atoms with Gasteiger partial charge in [0, 0.05) is 18.7 Å². The fraction of sp³-hybridized carbons (Fsp3) is 0.167. The van der Waals surface area contributed by atoms with E-state index < -0.39 is 4.92 Å². The van der Waals surface area contributed by atoms with E-state index in [0.29, 0.717) is 21.7 Å². The van der Waals surface area contributed by atoms with Crippen LogP contribution in [-0.4, -0.2) is 26.8 Å². The molecule has 0 saturated carbocycles. The van der Waals surface area contributed by atoms with E-state index in [9.17, 15) is 14.9 Å². The van der Waals surface area contributed by atoms with E-state index in [-0.39, 0.29) is 17.3 Å². The molecule has 0 aliphatic rings. The first kappa shape index (κ1) is 19.8. The SMILES string of the molecule is Cc1ccc([N+](=O)[O-])cc1NC(=O)CSc1nnc(NCc2ccccc2)s1. The molecule has 10 heteroatoms. The first-order chi connectivity index (χ1) is 13.5. The van der Waals surface area contributed by atoms with Crippen LogP contribution < -0.4 is 10.6 Å². The number of aryl methyl sites for hydroxylation is 1. The predicted octanol–water partition coefficient (Wildman–Crippen LogP) is 4.10. The second kappa shape index (κ2) is 9.29. The Morgan fingerprint density at radius 3 is 2.75 bits per heavy atom. The molecule has 0 aliphatic heterocycles. The van der Waals surface area contributed by atoms with Gasteiger partial charge in [-0.1, -0.05) is 59.5 Å². The lowest BCUT2D eigenvalue weighted by Crippen LogP contribution is -2.15. The average molecular weight is 416 g/mol. The van der Waals surface area contributed by atoms with Crippen molar-refractivity contribution in [3.63, 3.8) is 0 Å². The summed E-state index contributed by atoms with van der Waals surface area (Å²) in [7, 11) is 0. The normalized spacial score (nSPS) is 10.5. The smallest absolute Gasteiger partial charge is 0.271 e. The van der Waals surface area contributed by atoms with E-state index >= 15 is 0 Å². The molecule has 28 heavy (non-hydrogen) atoms. The van der Waals surface area contributed by atoms with Crippen LogP contribution in [0, 0.1) is 17.0 Å². The number of hydrogen-bond donors (Lipinski definition) is 2. The first-order valence-corrected chi connectivity index (χ1v) is 10.1. The molecule has 0 atom stereocenters. The summed E-state index contributed by atoms with van der Waals surface area (Å²) in [6.07, 6.45) is 0. The zero-order valence-electron chi connectivity index (χ0n) is 14.9. The van der Waals surface area contributed by atoms with Crippen molar-refractivity contribution in [2.24, 2.45) is 0 Å². The highest BCUT2D eigenvalue weighted by atomic mass is 32.2. The van der Waals surface area contributed by atoms with Gasteiger partial charge in [0.15, 0.2) is 4.34 Å². The van der Waals surface area contributed by atoms with Gasteiger partial charge in [0.1, 0.15) is 0 Å². The largest absolute Gasteiger partial charge is 0.356 e.